The minimum atomic E-state index is -0.814. The van der Waals surface area contributed by atoms with E-state index in [-0.39, 0.29) is 22.9 Å². The third-order valence-electron chi connectivity index (χ3n) is 5.48. The normalized spacial score (nSPS) is 17.5. The number of Topliss-reactive ketones (excluding diaryl/α,β-unsaturated/α-hetero) is 1. The first-order chi connectivity index (χ1) is 15.7. The van der Waals surface area contributed by atoms with E-state index >= 15 is 0 Å². The van der Waals surface area contributed by atoms with Gasteiger partial charge in [-0.1, -0.05) is 17.7 Å². The van der Waals surface area contributed by atoms with E-state index in [1.54, 1.807) is 30.3 Å². The first-order valence-electron chi connectivity index (χ1n) is 10.2. The summed E-state index contributed by atoms with van der Waals surface area (Å²) in [5.74, 6) is -0.383. The van der Waals surface area contributed by atoms with E-state index in [4.69, 9.17) is 25.8 Å². The van der Waals surface area contributed by atoms with Gasteiger partial charge in [0.25, 0.3) is 11.7 Å². The number of rotatable bonds is 8. The van der Waals surface area contributed by atoms with Gasteiger partial charge in [-0.2, -0.15) is 0 Å². The van der Waals surface area contributed by atoms with Crippen LogP contribution in [0.3, 0.4) is 0 Å². The molecule has 1 amide bonds. The zero-order valence-electron chi connectivity index (χ0n) is 19.2. The fourth-order valence-electron chi connectivity index (χ4n) is 3.76. The Morgan fingerprint density at radius 2 is 1.64 bits per heavy atom. The second-order valence-corrected chi connectivity index (χ2v) is 8.17. The molecular weight excluding hydrogens is 448 g/mol. The Morgan fingerprint density at radius 3 is 2.21 bits per heavy atom. The number of aliphatic hydroxyl groups is 1. The van der Waals surface area contributed by atoms with Crippen LogP contribution in [0.1, 0.15) is 17.2 Å². The lowest BCUT2D eigenvalue weighted by Gasteiger charge is -2.27. The number of likely N-dealkylation sites (tertiary alicyclic amines) is 1. The van der Waals surface area contributed by atoms with Crippen LogP contribution >= 0.6 is 11.6 Å². The van der Waals surface area contributed by atoms with Crippen molar-refractivity contribution in [1.29, 1.82) is 0 Å². The number of carbonyl (C=O) groups is 2. The Bertz CT molecular complexity index is 1100. The predicted molar refractivity (Wildman–Crippen MR) is 125 cm³/mol. The molecule has 1 atom stereocenters. The fourth-order valence-corrected chi connectivity index (χ4v) is 4.01. The number of methoxy groups -OCH3 is 3. The number of likely N-dealkylation sites (N-methyl/N-ethyl adjacent to an activating group) is 1. The Labute approximate surface area is 197 Å². The third kappa shape index (κ3) is 4.77. The summed E-state index contributed by atoms with van der Waals surface area (Å²) in [4.78, 5) is 29.5. The van der Waals surface area contributed by atoms with Crippen molar-refractivity contribution in [1.82, 2.24) is 9.80 Å². The van der Waals surface area contributed by atoms with E-state index in [0.717, 1.165) is 0 Å². The van der Waals surface area contributed by atoms with Crippen molar-refractivity contribution in [2.75, 3.05) is 48.5 Å². The number of hydrogen-bond acceptors (Lipinski definition) is 7. The lowest BCUT2D eigenvalue weighted by atomic mass is 9.95. The molecule has 0 aromatic heterocycles. The molecule has 1 aliphatic heterocycles. The van der Waals surface area contributed by atoms with Crippen molar-refractivity contribution >= 4 is 29.1 Å². The molecule has 33 heavy (non-hydrogen) atoms. The van der Waals surface area contributed by atoms with Crippen molar-refractivity contribution in [3.63, 3.8) is 0 Å². The van der Waals surface area contributed by atoms with Crippen LogP contribution in [0.5, 0.6) is 17.2 Å². The van der Waals surface area contributed by atoms with Crippen LogP contribution in [0.2, 0.25) is 5.02 Å². The Kier molecular flexibility index (Phi) is 7.50. The van der Waals surface area contributed by atoms with Crippen molar-refractivity contribution in [3.05, 3.63) is 58.1 Å². The number of nitrogens with zero attached hydrogens (tertiary/aromatic N) is 2. The van der Waals surface area contributed by atoms with Gasteiger partial charge >= 0.3 is 0 Å². The van der Waals surface area contributed by atoms with Gasteiger partial charge in [0.1, 0.15) is 11.5 Å². The van der Waals surface area contributed by atoms with Crippen molar-refractivity contribution in [2.45, 2.75) is 6.04 Å². The number of carbonyl (C=O) groups excluding carboxylic acids is 2. The maximum atomic E-state index is 13.1. The molecule has 9 heteroatoms. The highest BCUT2D eigenvalue weighted by Gasteiger charge is 2.46. The number of amides is 1. The van der Waals surface area contributed by atoms with Gasteiger partial charge in [-0.05, 0) is 50.0 Å². The molecule has 1 heterocycles. The largest absolute Gasteiger partial charge is 0.507 e. The lowest BCUT2D eigenvalue weighted by molar-refractivity contribution is -0.140. The quantitative estimate of drug-likeness (QED) is 0.356. The molecule has 8 nitrogen and oxygen atoms in total. The monoisotopic (exact) mass is 474 g/mol. The first kappa shape index (κ1) is 24.4. The fraction of sp³-hybridized carbons (Fsp3) is 0.333. The highest BCUT2D eigenvalue weighted by Crippen LogP contribution is 2.42. The van der Waals surface area contributed by atoms with Gasteiger partial charge < -0.3 is 29.1 Å². The van der Waals surface area contributed by atoms with Crippen molar-refractivity contribution < 1.29 is 28.9 Å². The lowest BCUT2D eigenvalue weighted by Crippen LogP contribution is -2.35. The number of hydrogen-bond donors (Lipinski definition) is 1. The molecule has 1 N–H and O–H groups in total. The van der Waals surface area contributed by atoms with E-state index in [1.165, 1.54) is 32.3 Å². The molecule has 3 rings (SSSR count). The second kappa shape index (κ2) is 10.1. The van der Waals surface area contributed by atoms with Crippen LogP contribution in [0, 0.1) is 0 Å². The van der Waals surface area contributed by atoms with Crippen molar-refractivity contribution in [3.8, 4) is 17.2 Å². The Morgan fingerprint density at radius 1 is 1.00 bits per heavy atom. The predicted octanol–water partition coefficient (Wildman–Crippen LogP) is 3.35. The van der Waals surface area contributed by atoms with E-state index in [0.29, 0.717) is 34.9 Å². The van der Waals surface area contributed by atoms with Crippen LogP contribution in [0.15, 0.2) is 42.0 Å². The van der Waals surface area contributed by atoms with Gasteiger partial charge in [-0.3, -0.25) is 9.59 Å². The maximum Gasteiger partial charge on any atom is 0.295 e. The van der Waals surface area contributed by atoms with Gasteiger partial charge in [0.15, 0.2) is 11.5 Å². The topological polar surface area (TPSA) is 88.5 Å². The van der Waals surface area contributed by atoms with E-state index in [1.807, 2.05) is 19.0 Å². The number of ketones is 1. The summed E-state index contributed by atoms with van der Waals surface area (Å²) in [6.07, 6.45) is 0. The molecule has 1 saturated heterocycles. The molecule has 0 radical (unpaired) electrons. The van der Waals surface area contributed by atoms with Crippen molar-refractivity contribution in [2.24, 2.45) is 0 Å². The summed E-state index contributed by atoms with van der Waals surface area (Å²) in [7, 11) is 8.26. The molecule has 1 fully saturated rings. The summed E-state index contributed by atoms with van der Waals surface area (Å²) in [5, 5.41) is 11.4. The first-order valence-corrected chi connectivity index (χ1v) is 10.6. The van der Waals surface area contributed by atoms with Crippen LogP contribution in [-0.4, -0.2) is 75.1 Å². The smallest absolute Gasteiger partial charge is 0.295 e. The molecule has 1 unspecified atom stereocenters. The van der Waals surface area contributed by atoms with Gasteiger partial charge in [-0.15, -0.1) is 0 Å². The molecule has 176 valence electrons. The molecule has 2 aromatic rings. The standard InChI is InChI=1S/C24H27ClN2O6/c1-26(2)10-11-27-21(14-6-9-18(32-4)19(13-14)33-5)20(23(29)24(27)30)22(28)15-7-8-17(31-3)16(25)12-15/h6-9,12-13,21,28H,10-11H2,1-5H3/b22-20-. The zero-order valence-corrected chi connectivity index (χ0v) is 20.0. The summed E-state index contributed by atoms with van der Waals surface area (Å²) in [6.45, 7) is 0.821. The molecule has 2 aromatic carbocycles. The van der Waals surface area contributed by atoms with E-state index in [9.17, 15) is 14.7 Å². The molecule has 0 aliphatic carbocycles. The zero-order chi connectivity index (χ0) is 24.3. The van der Waals surface area contributed by atoms with Gasteiger partial charge in [0, 0.05) is 18.7 Å². The van der Waals surface area contributed by atoms with Gasteiger partial charge in [0.2, 0.25) is 0 Å². The van der Waals surface area contributed by atoms with Gasteiger partial charge in [0.05, 0.1) is 38.0 Å². The SMILES string of the molecule is COc1ccc(/C(O)=C2/C(=O)C(=O)N(CCN(C)C)C2c2ccc(OC)c(OC)c2)cc1Cl. The summed E-state index contributed by atoms with van der Waals surface area (Å²) >= 11 is 6.23. The Hall–Kier alpha value is -3.23. The minimum absolute atomic E-state index is 0.0211. The van der Waals surface area contributed by atoms with E-state index < -0.39 is 17.7 Å². The number of aliphatic hydroxyl groups excluding tert-OH is 1. The van der Waals surface area contributed by atoms with Crippen LogP contribution in [0.4, 0.5) is 0 Å². The molecule has 1 aliphatic rings. The molecular formula is C24H27ClN2O6. The average molecular weight is 475 g/mol. The highest BCUT2D eigenvalue weighted by atomic mass is 35.5. The van der Waals surface area contributed by atoms with Crippen LogP contribution < -0.4 is 14.2 Å². The summed E-state index contributed by atoms with van der Waals surface area (Å²) in [6, 6.07) is 9.00. The van der Waals surface area contributed by atoms with Gasteiger partial charge in [-0.25, -0.2) is 0 Å². The van der Waals surface area contributed by atoms with Crippen LogP contribution in [-0.2, 0) is 9.59 Å². The molecule has 0 spiro atoms. The number of ether oxygens (including phenoxy) is 3. The minimum Gasteiger partial charge on any atom is -0.507 e. The molecule has 0 saturated carbocycles. The molecule has 0 bridgehead atoms. The average Bonchev–Trinajstić information content (AvgIpc) is 3.06. The summed E-state index contributed by atoms with van der Waals surface area (Å²) in [5.41, 5.74) is 0.885. The number of halogens is 1. The third-order valence-corrected chi connectivity index (χ3v) is 5.77. The summed E-state index contributed by atoms with van der Waals surface area (Å²) < 4.78 is 15.9. The second-order valence-electron chi connectivity index (χ2n) is 7.76. The van der Waals surface area contributed by atoms with Crippen LogP contribution in [0.25, 0.3) is 5.76 Å². The maximum absolute atomic E-state index is 13.1. The highest BCUT2D eigenvalue weighted by molar-refractivity contribution is 6.46. The number of benzene rings is 2. The van der Waals surface area contributed by atoms with E-state index in [2.05, 4.69) is 0 Å². The Balaban J connectivity index is 2.19.